The van der Waals surface area contributed by atoms with Gasteiger partial charge in [0.15, 0.2) is 0 Å². The molecule has 3 aromatic rings. The highest BCUT2D eigenvalue weighted by Crippen LogP contribution is 2.42. The number of rotatable bonds is 9. The van der Waals surface area contributed by atoms with Crippen molar-refractivity contribution in [3.63, 3.8) is 0 Å². The summed E-state index contributed by atoms with van der Waals surface area (Å²) >= 11 is 0. The van der Waals surface area contributed by atoms with E-state index in [9.17, 15) is 0 Å². The third-order valence-electron chi connectivity index (χ3n) is 3.89. The van der Waals surface area contributed by atoms with Gasteiger partial charge < -0.3 is 13.6 Å². The zero-order valence-corrected chi connectivity index (χ0v) is 16.3. The molecule has 0 heterocycles. The fourth-order valence-electron chi connectivity index (χ4n) is 2.31. The van der Waals surface area contributed by atoms with Crippen molar-refractivity contribution in [1.82, 2.24) is 0 Å². The Morgan fingerprint density at radius 3 is 0.929 bits per heavy atom. The van der Waals surface area contributed by atoms with Gasteiger partial charge in [0.05, 0.1) is 0 Å². The summed E-state index contributed by atoms with van der Waals surface area (Å²) < 4.78 is 17.9. The normalized spacial score (nSPS) is 10.2. The van der Waals surface area contributed by atoms with Crippen LogP contribution in [-0.2, 0) is 0 Å². The molecule has 0 spiro atoms. The van der Waals surface area contributed by atoms with Gasteiger partial charge in [-0.1, -0.05) is 74.4 Å². The van der Waals surface area contributed by atoms with Crippen LogP contribution in [0.5, 0.6) is 17.2 Å². The van der Waals surface area contributed by atoms with Gasteiger partial charge in [-0.05, 0) is 53.1 Å². The first-order valence-corrected chi connectivity index (χ1v) is 9.81. The molecule has 0 aromatic heterocycles. The summed E-state index contributed by atoms with van der Waals surface area (Å²) in [6.07, 6.45) is 5.34. The topological polar surface area (TPSA) is 27.7 Å². The molecular weight excluding hydrogens is 367 g/mol. The molecule has 0 aliphatic heterocycles. The van der Waals surface area contributed by atoms with Crippen molar-refractivity contribution in [1.29, 1.82) is 0 Å². The van der Waals surface area contributed by atoms with Crippen molar-refractivity contribution in [2.45, 2.75) is 0 Å². The van der Waals surface area contributed by atoms with Crippen molar-refractivity contribution in [3.8, 4) is 17.2 Å². The number of hydrogen-bond donors (Lipinski definition) is 0. The van der Waals surface area contributed by atoms with Crippen LogP contribution >= 0.6 is 8.60 Å². The van der Waals surface area contributed by atoms with E-state index in [0.717, 1.165) is 16.7 Å². The van der Waals surface area contributed by atoms with Crippen molar-refractivity contribution >= 4 is 26.8 Å². The monoisotopic (exact) mass is 388 g/mol. The van der Waals surface area contributed by atoms with Gasteiger partial charge in [-0.15, -0.1) is 0 Å². The van der Waals surface area contributed by atoms with Crippen LogP contribution in [-0.4, -0.2) is 0 Å². The van der Waals surface area contributed by atoms with E-state index in [1.165, 1.54) is 0 Å². The highest BCUT2D eigenvalue weighted by molar-refractivity contribution is 7.43. The molecule has 4 heteroatoms. The van der Waals surface area contributed by atoms with Crippen LogP contribution in [0.2, 0.25) is 0 Å². The molecule has 0 unspecified atom stereocenters. The first-order chi connectivity index (χ1) is 13.7. The Bertz CT molecular complexity index is 802. The molecule has 0 fully saturated rings. The van der Waals surface area contributed by atoms with Gasteiger partial charge >= 0.3 is 8.60 Å². The molecule has 3 aromatic carbocycles. The molecule has 0 N–H and O–H groups in total. The summed E-state index contributed by atoms with van der Waals surface area (Å²) in [5, 5.41) is 0. The molecule has 0 saturated heterocycles. The molecule has 0 bridgehead atoms. The average Bonchev–Trinajstić information content (AvgIpc) is 2.75. The average molecular weight is 388 g/mol. The Morgan fingerprint density at radius 2 is 0.714 bits per heavy atom. The van der Waals surface area contributed by atoms with Crippen LogP contribution in [0.25, 0.3) is 18.2 Å². The Kier molecular flexibility index (Phi) is 6.67. The SMILES string of the molecule is C=Cc1ccc(OP(Oc2ccc(C=C)cc2)Oc2ccc(C=C)cc2)cc1. The van der Waals surface area contributed by atoms with Gasteiger partial charge in [0.25, 0.3) is 0 Å². The van der Waals surface area contributed by atoms with Crippen LogP contribution in [0.3, 0.4) is 0 Å². The summed E-state index contributed by atoms with van der Waals surface area (Å²) in [5.41, 5.74) is 3.04. The van der Waals surface area contributed by atoms with Gasteiger partial charge in [0.2, 0.25) is 0 Å². The molecule has 0 saturated carbocycles. The quantitative estimate of drug-likeness (QED) is 0.358. The fraction of sp³-hybridized carbons (Fsp3) is 0. The van der Waals surface area contributed by atoms with Crippen LogP contribution < -0.4 is 13.6 Å². The first kappa shape index (κ1) is 19.5. The summed E-state index contributed by atoms with van der Waals surface area (Å²) in [6.45, 7) is 11.3. The van der Waals surface area contributed by atoms with Crippen LogP contribution in [0, 0.1) is 0 Å². The lowest BCUT2D eigenvalue weighted by molar-refractivity contribution is 0.388. The lowest BCUT2D eigenvalue weighted by atomic mass is 10.2. The second-order valence-corrected chi connectivity index (χ2v) is 6.81. The van der Waals surface area contributed by atoms with E-state index in [4.69, 9.17) is 13.6 Å². The van der Waals surface area contributed by atoms with Gasteiger partial charge in [-0.2, -0.15) is 0 Å². The fourth-order valence-corrected chi connectivity index (χ4v) is 3.30. The van der Waals surface area contributed by atoms with E-state index in [1.54, 1.807) is 18.2 Å². The van der Waals surface area contributed by atoms with Gasteiger partial charge in [0, 0.05) is 0 Å². The second-order valence-electron chi connectivity index (χ2n) is 5.82. The Morgan fingerprint density at radius 1 is 0.464 bits per heavy atom. The molecule has 3 rings (SSSR count). The van der Waals surface area contributed by atoms with Crippen molar-refractivity contribution < 1.29 is 13.6 Å². The largest absolute Gasteiger partial charge is 0.530 e. The molecule has 0 aliphatic carbocycles. The lowest BCUT2D eigenvalue weighted by Crippen LogP contribution is -2.02. The standard InChI is InChI=1S/C24H21O3P/c1-4-19-7-13-22(14-8-19)25-28(26-23-15-9-20(5-2)10-16-23)27-24-17-11-21(6-3)12-18-24/h4-18H,1-3H2. The minimum Gasteiger partial charge on any atom is -0.409 e. The van der Waals surface area contributed by atoms with E-state index < -0.39 is 8.60 Å². The predicted octanol–water partition coefficient (Wildman–Crippen LogP) is 7.38. The minimum atomic E-state index is -1.71. The van der Waals surface area contributed by atoms with Crippen LogP contribution in [0.1, 0.15) is 16.7 Å². The van der Waals surface area contributed by atoms with E-state index in [1.807, 2.05) is 72.8 Å². The summed E-state index contributed by atoms with van der Waals surface area (Å²) in [4.78, 5) is 0. The van der Waals surface area contributed by atoms with Crippen molar-refractivity contribution in [2.75, 3.05) is 0 Å². The molecule has 140 valence electrons. The first-order valence-electron chi connectivity index (χ1n) is 8.71. The third kappa shape index (κ3) is 5.35. The lowest BCUT2D eigenvalue weighted by Gasteiger charge is -2.18. The van der Waals surface area contributed by atoms with Crippen LogP contribution in [0.4, 0.5) is 0 Å². The molecule has 28 heavy (non-hydrogen) atoms. The Labute approximate surface area is 167 Å². The third-order valence-corrected chi connectivity index (χ3v) is 4.97. The smallest absolute Gasteiger partial charge is 0.409 e. The number of benzene rings is 3. The molecule has 0 radical (unpaired) electrons. The summed E-state index contributed by atoms with van der Waals surface area (Å²) in [6, 6.07) is 22.7. The maximum absolute atomic E-state index is 5.98. The van der Waals surface area contributed by atoms with Gasteiger partial charge in [-0.3, -0.25) is 0 Å². The van der Waals surface area contributed by atoms with E-state index in [0.29, 0.717) is 17.2 Å². The Hall–Kier alpha value is -3.29. The zero-order chi connectivity index (χ0) is 19.8. The number of hydrogen-bond acceptors (Lipinski definition) is 3. The van der Waals surface area contributed by atoms with Crippen molar-refractivity contribution in [2.24, 2.45) is 0 Å². The molecular formula is C24H21O3P. The highest BCUT2D eigenvalue weighted by atomic mass is 31.2. The molecule has 0 aliphatic rings. The van der Waals surface area contributed by atoms with E-state index in [-0.39, 0.29) is 0 Å². The molecule has 3 nitrogen and oxygen atoms in total. The second kappa shape index (κ2) is 9.59. The Balaban J connectivity index is 1.78. The summed E-state index contributed by atoms with van der Waals surface area (Å²) in [5.74, 6) is 1.96. The minimum absolute atomic E-state index is 0.655. The molecule has 0 amide bonds. The summed E-state index contributed by atoms with van der Waals surface area (Å²) in [7, 11) is -1.71. The van der Waals surface area contributed by atoms with Crippen molar-refractivity contribution in [3.05, 3.63) is 109 Å². The van der Waals surface area contributed by atoms with Gasteiger partial charge in [0.1, 0.15) is 17.2 Å². The predicted molar refractivity (Wildman–Crippen MR) is 118 cm³/mol. The van der Waals surface area contributed by atoms with E-state index in [2.05, 4.69) is 19.7 Å². The maximum Gasteiger partial charge on any atom is 0.530 e. The van der Waals surface area contributed by atoms with Crippen LogP contribution in [0.15, 0.2) is 92.5 Å². The highest BCUT2D eigenvalue weighted by Gasteiger charge is 2.19. The maximum atomic E-state index is 5.98. The van der Waals surface area contributed by atoms with Gasteiger partial charge in [-0.25, -0.2) is 0 Å². The molecule has 0 atom stereocenters. The van der Waals surface area contributed by atoms with E-state index >= 15 is 0 Å². The zero-order valence-electron chi connectivity index (χ0n) is 15.5.